The Balaban J connectivity index is 1.32. The van der Waals surface area contributed by atoms with Crippen molar-refractivity contribution in [2.75, 3.05) is 19.6 Å². The Morgan fingerprint density at radius 2 is 1.91 bits per heavy atom. The van der Waals surface area contributed by atoms with Crippen LogP contribution in [0.25, 0.3) is 0 Å². The highest BCUT2D eigenvalue weighted by Gasteiger charge is 2.27. The maximum absolute atomic E-state index is 12.8. The van der Waals surface area contributed by atoms with E-state index in [1.807, 2.05) is 0 Å². The van der Waals surface area contributed by atoms with Crippen LogP contribution in [0.1, 0.15) is 65.1 Å². The molecule has 4 rings (SSSR count). The number of rotatable bonds is 4. The molecule has 1 saturated carbocycles. The van der Waals surface area contributed by atoms with E-state index in [2.05, 4.69) is 16.3 Å². The summed E-state index contributed by atoms with van der Waals surface area (Å²) in [6.45, 7) is 3.03. The van der Waals surface area contributed by atoms with Crippen LogP contribution in [0.4, 0.5) is 0 Å². The van der Waals surface area contributed by atoms with Crippen molar-refractivity contribution in [1.82, 2.24) is 10.2 Å². The molecule has 3 aliphatic rings. The highest BCUT2D eigenvalue weighted by Crippen LogP contribution is 2.31. The van der Waals surface area contributed by atoms with Gasteiger partial charge in [0.25, 0.3) is 5.91 Å². The third kappa shape index (κ3) is 3.80. The van der Waals surface area contributed by atoms with Crippen LogP contribution in [0, 0.1) is 5.92 Å². The summed E-state index contributed by atoms with van der Waals surface area (Å²) in [6.07, 6.45) is 11.3. The van der Waals surface area contributed by atoms with Crippen molar-refractivity contribution in [3.05, 3.63) is 21.4 Å². The van der Waals surface area contributed by atoms with Crippen molar-refractivity contribution >= 4 is 17.2 Å². The summed E-state index contributed by atoms with van der Waals surface area (Å²) in [4.78, 5) is 17.4. The Morgan fingerprint density at radius 3 is 2.70 bits per heavy atom. The van der Waals surface area contributed by atoms with Crippen LogP contribution in [-0.2, 0) is 12.8 Å². The number of likely N-dealkylation sites (tertiary alicyclic amines) is 1. The molecular formula is C19H28N2OS. The lowest BCUT2D eigenvalue weighted by Gasteiger charge is -2.32. The van der Waals surface area contributed by atoms with Crippen molar-refractivity contribution in [3.63, 3.8) is 0 Å². The normalized spacial score (nSPS) is 22.7. The fraction of sp³-hybridized carbons (Fsp3) is 0.737. The van der Waals surface area contributed by atoms with Crippen molar-refractivity contribution in [1.29, 1.82) is 0 Å². The van der Waals surface area contributed by atoms with E-state index in [0.717, 1.165) is 36.7 Å². The number of carbonyl (C=O) groups excluding carboxylic acids is 1. The van der Waals surface area contributed by atoms with Gasteiger partial charge in [0.1, 0.15) is 0 Å². The highest BCUT2D eigenvalue weighted by atomic mass is 32.1. The van der Waals surface area contributed by atoms with E-state index in [1.54, 1.807) is 11.3 Å². The van der Waals surface area contributed by atoms with Gasteiger partial charge in [-0.3, -0.25) is 4.79 Å². The number of nitrogens with one attached hydrogen (secondary N) is 1. The van der Waals surface area contributed by atoms with Crippen LogP contribution in [0.15, 0.2) is 6.07 Å². The average Bonchev–Trinajstić information content (AvgIpc) is 3.37. The molecule has 0 radical (unpaired) electrons. The molecule has 4 heteroatoms. The minimum absolute atomic E-state index is 0.281. The van der Waals surface area contributed by atoms with Crippen molar-refractivity contribution in [3.8, 4) is 0 Å². The largest absolute Gasteiger partial charge is 0.338 e. The monoisotopic (exact) mass is 332 g/mol. The zero-order chi connectivity index (χ0) is 15.6. The van der Waals surface area contributed by atoms with Crippen LogP contribution in [0.3, 0.4) is 0 Å². The summed E-state index contributed by atoms with van der Waals surface area (Å²) in [5, 5.41) is 3.69. The molecule has 126 valence electrons. The van der Waals surface area contributed by atoms with E-state index in [4.69, 9.17) is 0 Å². The van der Waals surface area contributed by atoms with Crippen LogP contribution < -0.4 is 5.32 Å². The van der Waals surface area contributed by atoms with Gasteiger partial charge in [-0.05, 0) is 75.5 Å². The van der Waals surface area contributed by atoms with Gasteiger partial charge in [-0.25, -0.2) is 0 Å². The number of aryl methyl sites for hydroxylation is 2. The van der Waals surface area contributed by atoms with Gasteiger partial charge in [0.05, 0.1) is 4.88 Å². The molecule has 1 aromatic rings. The predicted octanol–water partition coefficient (Wildman–Crippen LogP) is 3.62. The number of amides is 1. The number of nitrogens with zero attached hydrogens (tertiary/aromatic N) is 1. The Bertz CT molecular complexity index is 532. The van der Waals surface area contributed by atoms with Gasteiger partial charge < -0.3 is 10.2 Å². The first kappa shape index (κ1) is 15.6. The van der Waals surface area contributed by atoms with E-state index in [9.17, 15) is 4.79 Å². The summed E-state index contributed by atoms with van der Waals surface area (Å²) in [5.41, 5.74) is 1.46. The van der Waals surface area contributed by atoms with Crippen molar-refractivity contribution in [2.24, 2.45) is 5.92 Å². The van der Waals surface area contributed by atoms with E-state index < -0.39 is 0 Å². The van der Waals surface area contributed by atoms with Gasteiger partial charge in [-0.1, -0.05) is 6.42 Å². The Hall–Kier alpha value is -0.870. The topological polar surface area (TPSA) is 32.3 Å². The van der Waals surface area contributed by atoms with E-state index >= 15 is 0 Å². The molecule has 0 spiro atoms. The second kappa shape index (κ2) is 6.94. The first-order valence-electron chi connectivity index (χ1n) is 9.44. The fourth-order valence-corrected chi connectivity index (χ4v) is 5.09. The van der Waals surface area contributed by atoms with E-state index in [1.165, 1.54) is 61.9 Å². The quantitative estimate of drug-likeness (QED) is 0.854. The Labute approximate surface area is 143 Å². The first-order chi connectivity index (χ1) is 11.3. The predicted molar refractivity (Wildman–Crippen MR) is 95.2 cm³/mol. The molecule has 1 aliphatic heterocycles. The van der Waals surface area contributed by atoms with Gasteiger partial charge in [-0.15, -0.1) is 11.3 Å². The van der Waals surface area contributed by atoms with Crippen LogP contribution >= 0.6 is 11.3 Å². The third-order valence-corrected chi connectivity index (χ3v) is 6.86. The molecule has 3 nitrogen and oxygen atoms in total. The number of fused-ring (bicyclic) bond motifs is 1. The highest BCUT2D eigenvalue weighted by molar-refractivity contribution is 7.14. The zero-order valence-electron chi connectivity index (χ0n) is 14.0. The minimum Gasteiger partial charge on any atom is -0.338 e. The lowest BCUT2D eigenvalue weighted by Crippen LogP contribution is -2.45. The van der Waals surface area contributed by atoms with Crippen LogP contribution in [0.5, 0.6) is 0 Å². The first-order valence-corrected chi connectivity index (χ1v) is 10.3. The maximum Gasteiger partial charge on any atom is 0.263 e. The molecule has 2 heterocycles. The van der Waals surface area contributed by atoms with Crippen molar-refractivity contribution < 1.29 is 4.79 Å². The Kier molecular flexibility index (Phi) is 4.72. The number of piperidine rings is 1. The van der Waals surface area contributed by atoms with Gasteiger partial charge >= 0.3 is 0 Å². The van der Waals surface area contributed by atoms with Gasteiger partial charge in [0, 0.05) is 24.0 Å². The lowest BCUT2D eigenvalue weighted by molar-refractivity contribution is 0.0710. The molecule has 23 heavy (non-hydrogen) atoms. The molecular weight excluding hydrogens is 304 g/mol. The number of carbonyl (C=O) groups is 1. The molecule has 0 atom stereocenters. The second-order valence-electron chi connectivity index (χ2n) is 7.54. The van der Waals surface area contributed by atoms with Crippen LogP contribution in [0.2, 0.25) is 0 Å². The summed E-state index contributed by atoms with van der Waals surface area (Å²) < 4.78 is 0. The average molecular weight is 333 g/mol. The number of hydrogen-bond acceptors (Lipinski definition) is 3. The van der Waals surface area contributed by atoms with Gasteiger partial charge in [-0.2, -0.15) is 0 Å². The molecule has 1 aromatic heterocycles. The van der Waals surface area contributed by atoms with Gasteiger partial charge in [0.2, 0.25) is 0 Å². The SMILES string of the molecule is O=C(c1cc2c(s1)CCCCC2)N1CCC(NCC2CC2)CC1. The number of hydrogen-bond donors (Lipinski definition) is 1. The number of thiophene rings is 1. The smallest absolute Gasteiger partial charge is 0.263 e. The maximum atomic E-state index is 12.8. The summed E-state index contributed by atoms with van der Waals surface area (Å²) in [7, 11) is 0. The molecule has 0 unspecified atom stereocenters. The Morgan fingerprint density at radius 1 is 1.13 bits per heavy atom. The zero-order valence-corrected chi connectivity index (χ0v) is 14.8. The molecule has 1 saturated heterocycles. The fourth-order valence-electron chi connectivity index (χ4n) is 3.87. The molecule has 1 amide bonds. The molecule has 2 aliphatic carbocycles. The second-order valence-corrected chi connectivity index (χ2v) is 8.67. The van der Waals surface area contributed by atoms with Crippen molar-refractivity contribution in [2.45, 2.75) is 63.8 Å². The lowest BCUT2D eigenvalue weighted by atomic mass is 10.0. The van der Waals surface area contributed by atoms with E-state index in [0.29, 0.717) is 6.04 Å². The summed E-state index contributed by atoms with van der Waals surface area (Å²) in [6, 6.07) is 2.82. The molecule has 2 fully saturated rings. The van der Waals surface area contributed by atoms with E-state index in [-0.39, 0.29) is 5.91 Å². The standard InChI is InChI=1S/C19H28N2OS/c22-19(18-12-15-4-2-1-3-5-17(15)23-18)21-10-8-16(9-11-21)20-13-14-6-7-14/h12,14,16,20H,1-11,13H2. The summed E-state index contributed by atoms with van der Waals surface area (Å²) >= 11 is 1.77. The third-order valence-electron chi connectivity index (χ3n) is 5.63. The van der Waals surface area contributed by atoms with Crippen LogP contribution in [-0.4, -0.2) is 36.5 Å². The minimum atomic E-state index is 0.281. The molecule has 1 N–H and O–H groups in total. The summed E-state index contributed by atoms with van der Waals surface area (Å²) in [5.74, 6) is 1.22. The molecule has 0 bridgehead atoms. The van der Waals surface area contributed by atoms with Gasteiger partial charge in [0.15, 0.2) is 0 Å². The molecule has 0 aromatic carbocycles.